The van der Waals surface area contributed by atoms with Gasteiger partial charge in [-0.25, -0.2) is 0 Å². The minimum absolute atomic E-state index is 0.0227. The summed E-state index contributed by atoms with van der Waals surface area (Å²) in [5.41, 5.74) is 0. The van der Waals surface area contributed by atoms with Crippen LogP contribution < -0.4 is 0 Å². The van der Waals surface area contributed by atoms with Crippen LogP contribution in [0.4, 0.5) is 0 Å². The number of ether oxygens (including phenoxy) is 1. The molecule has 1 aliphatic heterocycles. The summed E-state index contributed by atoms with van der Waals surface area (Å²) >= 11 is 0. The Labute approximate surface area is 65.8 Å². The summed E-state index contributed by atoms with van der Waals surface area (Å²) in [7, 11) is 1.58. The first-order chi connectivity index (χ1) is 5.25. The minimum atomic E-state index is -0.586. The molecule has 0 saturated carbocycles. The van der Waals surface area contributed by atoms with Crippen molar-refractivity contribution < 1.29 is 14.6 Å². The largest absolute Gasteiger partial charge is 0.383 e. The number of amides is 1. The zero-order valence-corrected chi connectivity index (χ0v) is 6.62. The van der Waals surface area contributed by atoms with Gasteiger partial charge in [0.2, 0.25) is 5.91 Å². The molecule has 4 nitrogen and oxygen atoms in total. The molecule has 0 aromatic heterocycles. The monoisotopic (exact) mass is 159 g/mol. The van der Waals surface area contributed by atoms with Crippen molar-refractivity contribution in [2.45, 2.75) is 19.1 Å². The number of hydrogen-bond donors (Lipinski definition) is 1. The average Bonchev–Trinajstić information content (AvgIpc) is 2.29. The molecule has 64 valence electrons. The average molecular weight is 159 g/mol. The molecule has 0 bridgehead atoms. The van der Waals surface area contributed by atoms with Crippen LogP contribution in [0.3, 0.4) is 0 Å². The lowest BCUT2D eigenvalue weighted by Crippen LogP contribution is -2.35. The van der Waals surface area contributed by atoms with Gasteiger partial charge in [-0.2, -0.15) is 0 Å². The Morgan fingerprint density at radius 3 is 3.00 bits per heavy atom. The maximum absolute atomic E-state index is 11.0. The summed E-state index contributed by atoms with van der Waals surface area (Å²) in [6.45, 7) is 0.985. The lowest BCUT2D eigenvalue weighted by Gasteiger charge is -2.19. The summed E-state index contributed by atoms with van der Waals surface area (Å²) in [5.74, 6) is 0.0227. The number of aliphatic hydroxyl groups is 1. The number of methoxy groups -OCH3 is 1. The van der Waals surface area contributed by atoms with Gasteiger partial charge in [0.1, 0.15) is 6.23 Å². The third kappa shape index (κ3) is 1.91. The van der Waals surface area contributed by atoms with Crippen molar-refractivity contribution in [3.8, 4) is 0 Å². The number of rotatable bonds is 3. The normalized spacial score (nSPS) is 24.7. The van der Waals surface area contributed by atoms with Gasteiger partial charge in [-0.15, -0.1) is 0 Å². The van der Waals surface area contributed by atoms with Crippen molar-refractivity contribution >= 4 is 5.91 Å². The third-order valence-electron chi connectivity index (χ3n) is 1.83. The van der Waals surface area contributed by atoms with E-state index in [0.29, 0.717) is 26.0 Å². The van der Waals surface area contributed by atoms with E-state index < -0.39 is 6.23 Å². The van der Waals surface area contributed by atoms with Gasteiger partial charge in [-0.05, 0) is 0 Å². The van der Waals surface area contributed by atoms with E-state index >= 15 is 0 Å². The number of aliphatic hydroxyl groups excluding tert-OH is 1. The molecule has 1 heterocycles. The molecule has 1 rings (SSSR count). The first-order valence-electron chi connectivity index (χ1n) is 3.72. The fourth-order valence-electron chi connectivity index (χ4n) is 1.18. The van der Waals surface area contributed by atoms with Gasteiger partial charge in [0.25, 0.3) is 0 Å². The van der Waals surface area contributed by atoms with E-state index in [0.717, 1.165) is 0 Å². The third-order valence-corrected chi connectivity index (χ3v) is 1.83. The molecular weight excluding hydrogens is 146 g/mol. The van der Waals surface area contributed by atoms with Crippen molar-refractivity contribution in [1.29, 1.82) is 0 Å². The lowest BCUT2D eigenvalue weighted by atomic mass is 10.4. The fraction of sp³-hybridized carbons (Fsp3) is 0.857. The topological polar surface area (TPSA) is 49.8 Å². The standard InChI is InChI=1S/C7H13NO3/c1-11-5-4-8-6(9)2-3-7(8)10/h6,9H,2-5H2,1H3. The molecule has 0 radical (unpaired) electrons. The highest BCUT2D eigenvalue weighted by Crippen LogP contribution is 2.15. The molecule has 1 N–H and O–H groups in total. The van der Waals surface area contributed by atoms with Crippen molar-refractivity contribution in [1.82, 2.24) is 4.90 Å². The molecule has 1 amide bonds. The molecule has 0 aromatic rings. The van der Waals surface area contributed by atoms with E-state index in [1.807, 2.05) is 0 Å². The number of hydrogen-bond acceptors (Lipinski definition) is 3. The van der Waals surface area contributed by atoms with E-state index in [2.05, 4.69) is 0 Å². The van der Waals surface area contributed by atoms with Gasteiger partial charge in [0.05, 0.1) is 6.61 Å². The molecule has 1 atom stereocenters. The first kappa shape index (κ1) is 8.49. The predicted molar refractivity (Wildman–Crippen MR) is 38.8 cm³/mol. The minimum Gasteiger partial charge on any atom is -0.383 e. The Morgan fingerprint density at radius 1 is 1.82 bits per heavy atom. The second-order valence-electron chi connectivity index (χ2n) is 2.60. The first-order valence-corrected chi connectivity index (χ1v) is 3.72. The van der Waals surface area contributed by atoms with Crippen molar-refractivity contribution in [3.05, 3.63) is 0 Å². The fourth-order valence-corrected chi connectivity index (χ4v) is 1.18. The predicted octanol–water partition coefficient (Wildman–Crippen LogP) is -0.426. The Bertz CT molecular complexity index is 149. The van der Waals surface area contributed by atoms with Crippen LogP contribution in [-0.2, 0) is 9.53 Å². The highest BCUT2D eigenvalue weighted by molar-refractivity contribution is 5.78. The molecule has 0 spiro atoms. The van der Waals surface area contributed by atoms with E-state index in [-0.39, 0.29) is 5.91 Å². The second kappa shape index (κ2) is 3.69. The van der Waals surface area contributed by atoms with Crippen LogP contribution in [0.5, 0.6) is 0 Å². The summed E-state index contributed by atoms with van der Waals surface area (Å²) < 4.78 is 4.80. The quantitative estimate of drug-likeness (QED) is 0.608. The van der Waals surface area contributed by atoms with E-state index in [1.165, 1.54) is 4.90 Å². The van der Waals surface area contributed by atoms with Gasteiger partial charge in [-0.3, -0.25) is 4.79 Å². The van der Waals surface area contributed by atoms with Gasteiger partial charge in [0, 0.05) is 26.5 Å². The van der Waals surface area contributed by atoms with Gasteiger partial charge in [-0.1, -0.05) is 0 Å². The Morgan fingerprint density at radius 2 is 2.55 bits per heavy atom. The van der Waals surface area contributed by atoms with E-state index in [9.17, 15) is 9.90 Å². The van der Waals surface area contributed by atoms with Crippen LogP contribution in [0.25, 0.3) is 0 Å². The molecule has 4 heteroatoms. The van der Waals surface area contributed by atoms with Crippen molar-refractivity contribution in [3.63, 3.8) is 0 Å². The van der Waals surface area contributed by atoms with Crippen LogP contribution in [-0.4, -0.2) is 42.4 Å². The maximum Gasteiger partial charge on any atom is 0.224 e. The molecule has 1 saturated heterocycles. The van der Waals surface area contributed by atoms with Crippen LogP contribution >= 0.6 is 0 Å². The molecule has 1 aliphatic rings. The highest BCUT2D eigenvalue weighted by atomic mass is 16.5. The van der Waals surface area contributed by atoms with E-state index in [4.69, 9.17) is 4.74 Å². The van der Waals surface area contributed by atoms with Gasteiger partial charge >= 0.3 is 0 Å². The number of nitrogens with zero attached hydrogens (tertiary/aromatic N) is 1. The zero-order valence-electron chi connectivity index (χ0n) is 6.62. The van der Waals surface area contributed by atoms with Crippen LogP contribution in [0.1, 0.15) is 12.8 Å². The smallest absolute Gasteiger partial charge is 0.224 e. The molecule has 1 unspecified atom stereocenters. The van der Waals surface area contributed by atoms with Crippen molar-refractivity contribution in [2.24, 2.45) is 0 Å². The summed E-state index contributed by atoms with van der Waals surface area (Å²) in [5, 5.41) is 9.24. The Balaban J connectivity index is 2.35. The maximum atomic E-state index is 11.0. The Hall–Kier alpha value is -0.610. The van der Waals surface area contributed by atoms with Crippen LogP contribution in [0.15, 0.2) is 0 Å². The molecule has 0 aromatic carbocycles. The van der Waals surface area contributed by atoms with Crippen LogP contribution in [0.2, 0.25) is 0 Å². The second-order valence-corrected chi connectivity index (χ2v) is 2.60. The Kier molecular flexibility index (Phi) is 2.84. The number of carbonyl (C=O) groups is 1. The molecule has 0 aliphatic carbocycles. The molecule has 11 heavy (non-hydrogen) atoms. The van der Waals surface area contributed by atoms with Gasteiger partial charge < -0.3 is 14.7 Å². The summed E-state index contributed by atoms with van der Waals surface area (Å²) in [4.78, 5) is 12.4. The summed E-state index contributed by atoms with van der Waals surface area (Å²) in [6, 6.07) is 0. The molecular formula is C7H13NO3. The highest BCUT2D eigenvalue weighted by Gasteiger charge is 2.28. The summed E-state index contributed by atoms with van der Waals surface area (Å²) in [6.07, 6.45) is 0.436. The van der Waals surface area contributed by atoms with Crippen molar-refractivity contribution in [2.75, 3.05) is 20.3 Å². The van der Waals surface area contributed by atoms with Crippen LogP contribution in [0, 0.1) is 0 Å². The lowest BCUT2D eigenvalue weighted by molar-refractivity contribution is -0.134. The molecule has 1 fully saturated rings. The number of carbonyl (C=O) groups excluding carboxylic acids is 1. The zero-order chi connectivity index (χ0) is 8.27. The number of likely N-dealkylation sites (tertiary alicyclic amines) is 1. The van der Waals surface area contributed by atoms with Gasteiger partial charge in [0.15, 0.2) is 0 Å². The van der Waals surface area contributed by atoms with E-state index in [1.54, 1.807) is 7.11 Å². The SMILES string of the molecule is COCCN1C(=O)CCC1O.